The molecule has 4 heavy (non-hydrogen) atoms. The van der Waals surface area contributed by atoms with Crippen LogP contribution in [0.2, 0.25) is 0 Å². The average Bonchev–Trinajstić information content (AvgIpc) is 0. The van der Waals surface area contributed by atoms with Crippen molar-refractivity contribution in [1.82, 2.24) is 0 Å². The summed E-state index contributed by atoms with van der Waals surface area (Å²) in [6.07, 6.45) is 0. The molecule has 35 valence electrons. The van der Waals surface area contributed by atoms with E-state index in [0.29, 0.717) is 0 Å². The van der Waals surface area contributed by atoms with E-state index in [4.69, 9.17) is 0 Å². The molecule has 0 aliphatic rings. The minimum absolute atomic E-state index is 0. The predicted molar refractivity (Wildman–Crippen MR) is 0 cm³/mol. The Labute approximate surface area is 72.5 Å². The Kier molecular flexibility index (Phi) is 156. The van der Waals surface area contributed by atoms with Crippen molar-refractivity contribution in [3.8, 4) is 0 Å². The van der Waals surface area contributed by atoms with Gasteiger partial charge in [-0.3, -0.25) is 0 Å². The fourth-order valence-corrected chi connectivity index (χ4v) is 0. The van der Waals surface area contributed by atoms with E-state index >= 15 is 0 Å². The van der Waals surface area contributed by atoms with Crippen molar-refractivity contribution in [1.29, 1.82) is 0 Å². The zero-order valence-corrected chi connectivity index (χ0v) is 6.91. The van der Waals surface area contributed by atoms with E-state index < -0.39 is 0 Å². The third kappa shape index (κ3) is 8.86. The second-order valence-corrected chi connectivity index (χ2v) is 0. The first kappa shape index (κ1) is 33.6. The molecule has 0 amide bonds. The van der Waals surface area contributed by atoms with Crippen LogP contribution in [-0.2, 0) is 73.3 Å². The smallest absolute Gasteiger partial charge is 0 e. The van der Waals surface area contributed by atoms with Crippen LogP contribution in [0.4, 0.5) is 0 Å². The molecule has 0 aromatic rings. The maximum Gasteiger partial charge on any atom is 0 e. The van der Waals surface area contributed by atoms with Gasteiger partial charge in [-0.15, -0.1) is 0 Å². The Balaban J connectivity index is 0. The second kappa shape index (κ2) is 18.6. The van der Waals surface area contributed by atoms with Crippen LogP contribution in [0.25, 0.3) is 0 Å². The summed E-state index contributed by atoms with van der Waals surface area (Å²) in [5, 5.41) is 0. The fourth-order valence-electron chi connectivity index (χ4n) is 0. The van der Waals surface area contributed by atoms with Crippen LogP contribution in [0, 0.1) is 0 Å². The van der Waals surface area contributed by atoms with Gasteiger partial charge in [0.2, 0.25) is 0 Å². The van der Waals surface area contributed by atoms with E-state index in [-0.39, 0.29) is 73.3 Å². The van der Waals surface area contributed by atoms with Crippen molar-refractivity contribution in [2.24, 2.45) is 0 Å². The van der Waals surface area contributed by atoms with E-state index in [9.17, 15) is 0 Å². The van der Waals surface area contributed by atoms with Gasteiger partial charge >= 0.3 is 0 Å². The maximum atomic E-state index is 0. The molecule has 0 saturated carbocycles. The molecule has 0 spiro atoms. The molecule has 0 N–H and O–H groups in total. The zero-order valence-electron chi connectivity index (χ0n) is 1.38. The van der Waals surface area contributed by atoms with Crippen LogP contribution >= 0.6 is 0 Å². The zero-order chi connectivity index (χ0) is 0. The molecule has 0 saturated heterocycles. The largest absolute Gasteiger partial charge is 0 e. The third-order valence-corrected chi connectivity index (χ3v) is 0. The number of hydrogen-bond acceptors (Lipinski definition) is 0. The van der Waals surface area contributed by atoms with E-state index in [1.807, 2.05) is 0 Å². The van der Waals surface area contributed by atoms with Crippen molar-refractivity contribution in [2.75, 3.05) is 0 Å². The molecule has 0 aliphatic heterocycles. The summed E-state index contributed by atoms with van der Waals surface area (Å²) < 4.78 is 0. The maximum absolute atomic E-state index is 0. The van der Waals surface area contributed by atoms with Crippen molar-refractivity contribution < 1.29 is 73.3 Å². The molecule has 0 aromatic carbocycles. The summed E-state index contributed by atoms with van der Waals surface area (Å²) >= 11 is 0. The Morgan fingerprint density at radius 1 is 1.00 bits per heavy atom. The summed E-state index contributed by atoms with van der Waals surface area (Å²) in [6, 6.07) is 0. The summed E-state index contributed by atoms with van der Waals surface area (Å²) in [7, 11) is 0. The van der Waals surface area contributed by atoms with Crippen molar-refractivity contribution in [3.63, 3.8) is 0 Å². The second-order valence-electron chi connectivity index (χ2n) is 0. The van der Waals surface area contributed by atoms with Gasteiger partial charge in [0.1, 0.15) is 0 Å². The standard InChI is InChI=1S/Au.Cr.Fe.Ni. The molecule has 0 atom stereocenters. The molecular weight excluding hydrogens is 364 g/mol. The third-order valence-electron chi connectivity index (χ3n) is 0. The number of rotatable bonds is 0. The molecule has 0 unspecified atom stereocenters. The van der Waals surface area contributed by atoms with E-state index in [0.717, 1.165) is 0 Å². The quantitative estimate of drug-likeness (QED) is 0.531. The Bertz CT molecular complexity index is 8.00. The van der Waals surface area contributed by atoms with Crippen LogP contribution in [0.1, 0.15) is 0 Å². The topological polar surface area (TPSA) is 0 Å². The van der Waals surface area contributed by atoms with Crippen molar-refractivity contribution >= 4 is 0 Å². The van der Waals surface area contributed by atoms with Gasteiger partial charge in [0.15, 0.2) is 0 Å². The van der Waals surface area contributed by atoms with Gasteiger partial charge in [-0.05, 0) is 0 Å². The SMILES string of the molecule is [Au].[Cr].[Fe].[Ni]. The average molecular weight is 364 g/mol. The van der Waals surface area contributed by atoms with Gasteiger partial charge < -0.3 is 0 Å². The molecule has 0 nitrogen and oxygen atoms in total. The van der Waals surface area contributed by atoms with Crippen LogP contribution < -0.4 is 0 Å². The normalized spacial score (nSPS) is 0. The van der Waals surface area contributed by atoms with Crippen LogP contribution in [0.15, 0.2) is 0 Å². The van der Waals surface area contributed by atoms with Gasteiger partial charge in [-0.1, -0.05) is 0 Å². The Hall–Kier alpha value is 2.29. The van der Waals surface area contributed by atoms with Gasteiger partial charge in [0.25, 0.3) is 0 Å². The summed E-state index contributed by atoms with van der Waals surface area (Å²) in [4.78, 5) is 0. The van der Waals surface area contributed by atoms with Crippen LogP contribution in [-0.4, -0.2) is 0 Å². The first-order valence-electron chi connectivity index (χ1n) is 0. The summed E-state index contributed by atoms with van der Waals surface area (Å²) in [5.74, 6) is 0. The van der Waals surface area contributed by atoms with Gasteiger partial charge in [-0.25, -0.2) is 0 Å². The van der Waals surface area contributed by atoms with E-state index in [1.165, 1.54) is 0 Å². The predicted octanol–water partition coefficient (Wildman–Crippen LogP) is -0.0100. The van der Waals surface area contributed by atoms with Crippen LogP contribution in [0.3, 0.4) is 0 Å². The van der Waals surface area contributed by atoms with Gasteiger partial charge in [0.05, 0.1) is 0 Å². The monoisotopic (exact) mass is 363 g/mol. The molecule has 0 aromatic heterocycles. The Morgan fingerprint density at radius 2 is 1.00 bits per heavy atom. The molecule has 4 heteroatoms. The summed E-state index contributed by atoms with van der Waals surface area (Å²) in [6.45, 7) is 0. The number of hydrogen-bond donors (Lipinski definition) is 0. The molecule has 0 fully saturated rings. The molecule has 0 aliphatic carbocycles. The summed E-state index contributed by atoms with van der Waals surface area (Å²) in [5.41, 5.74) is 0. The molecule has 0 bridgehead atoms. The van der Waals surface area contributed by atoms with Gasteiger partial charge in [0, 0.05) is 73.3 Å². The van der Waals surface area contributed by atoms with Crippen molar-refractivity contribution in [3.05, 3.63) is 0 Å². The molecular formula is AuCrFeNi. The first-order chi connectivity index (χ1) is 0. The van der Waals surface area contributed by atoms with Crippen molar-refractivity contribution in [2.45, 2.75) is 0 Å². The Morgan fingerprint density at radius 3 is 1.00 bits per heavy atom. The van der Waals surface area contributed by atoms with E-state index in [1.54, 1.807) is 0 Å². The fraction of sp³-hybridized carbons (Fsp3) is 0. The minimum Gasteiger partial charge on any atom is 0 e. The molecule has 0 heterocycles. The van der Waals surface area contributed by atoms with Crippen LogP contribution in [0.5, 0.6) is 0 Å². The van der Waals surface area contributed by atoms with Gasteiger partial charge in [-0.2, -0.15) is 0 Å². The first-order valence-corrected chi connectivity index (χ1v) is 0. The molecule has 1 radical (unpaired) electrons. The minimum atomic E-state index is 0. The molecule has 0 rings (SSSR count). The van der Waals surface area contributed by atoms with E-state index in [2.05, 4.69) is 0 Å².